The average Bonchev–Trinajstić information content (AvgIpc) is 3.19. The highest BCUT2D eigenvalue weighted by molar-refractivity contribution is 6.38. The summed E-state index contributed by atoms with van der Waals surface area (Å²) in [6.45, 7) is 3.65. The molecule has 0 bridgehead atoms. The fourth-order valence-corrected chi connectivity index (χ4v) is 3.10. The van der Waals surface area contributed by atoms with Gasteiger partial charge in [-0.25, -0.2) is 4.79 Å². The predicted octanol–water partition coefficient (Wildman–Crippen LogP) is 0.852. The maximum atomic E-state index is 12.9. The number of rotatable bonds is 6. The largest absolute Gasteiger partial charge is 0.445 e. The molecule has 1 aliphatic rings. The Kier molecular flexibility index (Phi) is 7.01. The third-order valence-electron chi connectivity index (χ3n) is 4.85. The van der Waals surface area contributed by atoms with Crippen LogP contribution in [0.15, 0.2) is 41.1 Å². The summed E-state index contributed by atoms with van der Waals surface area (Å²) < 4.78 is 10.3. The Hall–Kier alpha value is -3.69. The van der Waals surface area contributed by atoms with E-state index < -0.39 is 35.8 Å². The van der Waals surface area contributed by atoms with E-state index in [1.807, 2.05) is 30.3 Å². The number of benzene rings is 1. The van der Waals surface area contributed by atoms with E-state index in [0.29, 0.717) is 11.3 Å². The second-order valence-corrected chi connectivity index (χ2v) is 7.51. The number of fused-ring (bicyclic) bond motifs is 1. The standard InChI is InChI=1S/C21H24N4O6/c1-12(2)17(25-21(29)30-11-13-6-4-3-5-7-13)19(27)24-15-8-16-14(10-23-31-16)9-22-20(28)18(15)26/h3-7,10,12,15,17H,8-9,11H2,1-2H3,(H,22,28)(H,24,27)(H,25,29). The van der Waals surface area contributed by atoms with Gasteiger partial charge in [-0.15, -0.1) is 0 Å². The summed E-state index contributed by atoms with van der Waals surface area (Å²) in [5.41, 5.74) is 1.43. The Balaban J connectivity index is 1.64. The first-order valence-electron chi connectivity index (χ1n) is 9.87. The SMILES string of the molecule is CC(C)C(NC(=O)OCc1ccccc1)C(=O)NC1Cc2oncc2CNC(=O)C1=O. The van der Waals surface area contributed by atoms with Gasteiger partial charge in [0.2, 0.25) is 11.7 Å². The van der Waals surface area contributed by atoms with Crippen molar-refractivity contribution in [1.29, 1.82) is 0 Å². The van der Waals surface area contributed by atoms with Crippen LogP contribution in [0.5, 0.6) is 0 Å². The van der Waals surface area contributed by atoms with Crippen LogP contribution < -0.4 is 16.0 Å². The molecule has 31 heavy (non-hydrogen) atoms. The molecule has 0 fully saturated rings. The molecule has 0 saturated heterocycles. The highest BCUT2D eigenvalue weighted by Gasteiger charge is 2.34. The van der Waals surface area contributed by atoms with E-state index in [1.165, 1.54) is 6.20 Å². The summed E-state index contributed by atoms with van der Waals surface area (Å²) in [6.07, 6.45) is 0.666. The normalized spacial score (nSPS) is 17.1. The van der Waals surface area contributed by atoms with E-state index in [1.54, 1.807) is 13.8 Å². The van der Waals surface area contributed by atoms with E-state index in [4.69, 9.17) is 9.26 Å². The molecule has 10 nitrogen and oxygen atoms in total. The van der Waals surface area contributed by atoms with Gasteiger partial charge in [0.25, 0.3) is 5.91 Å². The molecule has 1 aromatic carbocycles. The summed E-state index contributed by atoms with van der Waals surface area (Å²) >= 11 is 0. The Morgan fingerprint density at radius 3 is 2.71 bits per heavy atom. The maximum absolute atomic E-state index is 12.9. The van der Waals surface area contributed by atoms with Crippen molar-refractivity contribution in [3.8, 4) is 0 Å². The number of nitrogens with one attached hydrogen (secondary N) is 3. The molecular formula is C21H24N4O6. The molecule has 2 heterocycles. The van der Waals surface area contributed by atoms with Gasteiger partial charge in [0, 0.05) is 18.5 Å². The number of hydrogen-bond acceptors (Lipinski definition) is 7. The molecule has 2 atom stereocenters. The second kappa shape index (κ2) is 9.88. The third-order valence-corrected chi connectivity index (χ3v) is 4.85. The number of alkyl carbamates (subject to hydrolysis) is 1. The van der Waals surface area contributed by atoms with Crippen LogP contribution >= 0.6 is 0 Å². The van der Waals surface area contributed by atoms with E-state index in [-0.39, 0.29) is 25.5 Å². The zero-order valence-corrected chi connectivity index (χ0v) is 17.2. The smallest absolute Gasteiger partial charge is 0.408 e. The molecule has 0 aliphatic carbocycles. The molecule has 3 N–H and O–H groups in total. The Morgan fingerprint density at radius 2 is 2.00 bits per heavy atom. The van der Waals surface area contributed by atoms with Crippen molar-refractivity contribution in [2.75, 3.05) is 0 Å². The minimum Gasteiger partial charge on any atom is -0.445 e. The van der Waals surface area contributed by atoms with Crippen LogP contribution in [-0.4, -0.2) is 40.9 Å². The molecule has 2 aromatic rings. The van der Waals surface area contributed by atoms with Gasteiger partial charge in [-0.1, -0.05) is 49.3 Å². The van der Waals surface area contributed by atoms with Crippen molar-refractivity contribution in [3.05, 3.63) is 53.4 Å². The molecule has 1 aliphatic heterocycles. The minimum absolute atomic E-state index is 0.0173. The first kappa shape index (κ1) is 22.0. The number of hydrogen-bond donors (Lipinski definition) is 3. The zero-order chi connectivity index (χ0) is 22.4. The number of ether oxygens (including phenoxy) is 1. The molecule has 3 rings (SSSR count). The van der Waals surface area contributed by atoms with Gasteiger partial charge < -0.3 is 25.2 Å². The summed E-state index contributed by atoms with van der Waals surface area (Å²) in [4.78, 5) is 49.5. The molecule has 0 spiro atoms. The maximum Gasteiger partial charge on any atom is 0.408 e. The van der Waals surface area contributed by atoms with E-state index in [9.17, 15) is 19.2 Å². The van der Waals surface area contributed by atoms with Crippen LogP contribution in [0.3, 0.4) is 0 Å². The highest BCUT2D eigenvalue weighted by Crippen LogP contribution is 2.14. The lowest BCUT2D eigenvalue weighted by Crippen LogP contribution is -2.56. The van der Waals surface area contributed by atoms with Crippen LogP contribution in [-0.2, 0) is 38.7 Å². The number of nitrogens with zero attached hydrogens (tertiary/aromatic N) is 1. The van der Waals surface area contributed by atoms with E-state index in [2.05, 4.69) is 21.1 Å². The highest BCUT2D eigenvalue weighted by atomic mass is 16.5. The van der Waals surface area contributed by atoms with Gasteiger partial charge in [0.05, 0.1) is 6.20 Å². The molecule has 3 amide bonds. The molecule has 0 radical (unpaired) electrons. The van der Waals surface area contributed by atoms with Crippen LogP contribution in [0.1, 0.15) is 30.7 Å². The second-order valence-electron chi connectivity index (χ2n) is 7.51. The lowest BCUT2D eigenvalue weighted by molar-refractivity contribution is -0.140. The number of Topliss-reactive ketones (excluding diaryl/α,β-unsaturated/α-hetero) is 1. The molecular weight excluding hydrogens is 404 g/mol. The Labute approximate surface area is 178 Å². The molecule has 1 aromatic heterocycles. The number of carbonyl (C=O) groups excluding carboxylic acids is 4. The predicted molar refractivity (Wildman–Crippen MR) is 107 cm³/mol. The van der Waals surface area contributed by atoms with Crippen molar-refractivity contribution in [3.63, 3.8) is 0 Å². The summed E-state index contributed by atoms with van der Waals surface area (Å²) in [5.74, 6) is -2.13. The van der Waals surface area contributed by atoms with Crippen molar-refractivity contribution < 1.29 is 28.4 Å². The van der Waals surface area contributed by atoms with Gasteiger partial charge in [0.15, 0.2) is 0 Å². The molecule has 2 unspecified atom stereocenters. The van der Waals surface area contributed by atoms with Crippen LogP contribution in [0.2, 0.25) is 0 Å². The lowest BCUT2D eigenvalue weighted by atomic mass is 9.99. The van der Waals surface area contributed by atoms with Crippen molar-refractivity contribution in [1.82, 2.24) is 21.1 Å². The topological polar surface area (TPSA) is 140 Å². The number of carbonyl (C=O) groups is 4. The van der Waals surface area contributed by atoms with E-state index in [0.717, 1.165) is 5.56 Å². The van der Waals surface area contributed by atoms with Crippen molar-refractivity contribution in [2.24, 2.45) is 5.92 Å². The van der Waals surface area contributed by atoms with Gasteiger partial charge in [-0.05, 0) is 11.5 Å². The summed E-state index contributed by atoms with van der Waals surface area (Å²) in [5, 5.41) is 11.2. The van der Waals surface area contributed by atoms with Crippen molar-refractivity contribution in [2.45, 2.75) is 45.5 Å². The summed E-state index contributed by atoms with van der Waals surface area (Å²) in [7, 11) is 0. The fraction of sp³-hybridized carbons (Fsp3) is 0.381. The van der Waals surface area contributed by atoms with Gasteiger partial charge in [0.1, 0.15) is 24.5 Å². The lowest BCUT2D eigenvalue weighted by Gasteiger charge is -2.25. The fourth-order valence-electron chi connectivity index (χ4n) is 3.10. The first-order chi connectivity index (χ1) is 14.8. The molecule has 10 heteroatoms. The van der Waals surface area contributed by atoms with Crippen LogP contribution in [0.25, 0.3) is 0 Å². The zero-order valence-electron chi connectivity index (χ0n) is 17.2. The van der Waals surface area contributed by atoms with Gasteiger partial charge >= 0.3 is 6.09 Å². The van der Waals surface area contributed by atoms with Gasteiger partial charge in [-0.3, -0.25) is 14.4 Å². The molecule has 0 saturated carbocycles. The van der Waals surface area contributed by atoms with Crippen LogP contribution in [0.4, 0.5) is 4.79 Å². The number of amides is 3. The Bertz CT molecular complexity index is 956. The quantitative estimate of drug-likeness (QED) is 0.580. The van der Waals surface area contributed by atoms with Gasteiger partial charge in [-0.2, -0.15) is 0 Å². The third kappa shape index (κ3) is 5.68. The number of aromatic nitrogens is 1. The number of ketones is 1. The van der Waals surface area contributed by atoms with Crippen molar-refractivity contribution >= 4 is 23.7 Å². The first-order valence-corrected chi connectivity index (χ1v) is 9.87. The minimum atomic E-state index is -1.15. The van der Waals surface area contributed by atoms with E-state index >= 15 is 0 Å². The van der Waals surface area contributed by atoms with Crippen LogP contribution in [0, 0.1) is 5.92 Å². The Morgan fingerprint density at radius 1 is 1.26 bits per heavy atom. The average molecular weight is 428 g/mol. The summed E-state index contributed by atoms with van der Waals surface area (Å²) in [6, 6.07) is 6.99. The molecule has 164 valence electrons. The monoisotopic (exact) mass is 428 g/mol.